The van der Waals surface area contributed by atoms with E-state index in [1.165, 1.54) is 238 Å². The molecule has 9 heteroatoms. The Hall–Kier alpha value is -0.500. The van der Waals surface area contributed by atoms with Crippen molar-refractivity contribution in [2.45, 2.75) is 315 Å². The van der Waals surface area contributed by atoms with Crippen LogP contribution in [0, 0.1) is 0 Å². The van der Waals surface area contributed by atoms with Crippen LogP contribution in [0.15, 0.2) is 0 Å². The van der Waals surface area contributed by atoms with Gasteiger partial charge in [-0.3, -0.25) is 9.36 Å². The fraction of sp³-hybridized carbons (Fsp3) is 0.982. The van der Waals surface area contributed by atoms with E-state index in [-0.39, 0.29) is 19.1 Å². The van der Waals surface area contributed by atoms with E-state index < -0.39 is 20.0 Å². The summed E-state index contributed by atoms with van der Waals surface area (Å²) in [7, 11) is 1.33. The maximum atomic E-state index is 13.0. The lowest BCUT2D eigenvalue weighted by molar-refractivity contribution is -0.870. The minimum atomic E-state index is -4.57. The second-order valence-electron chi connectivity index (χ2n) is 21.4. The summed E-state index contributed by atoms with van der Waals surface area (Å²) in [6, 6.07) is -0.795. The average molecular weight is 944 g/mol. The predicted octanol–water partition coefficient (Wildman–Crippen LogP) is 16.6. The normalized spacial score (nSPS) is 13.9. The van der Waals surface area contributed by atoms with Gasteiger partial charge in [-0.05, 0) is 12.8 Å². The van der Waals surface area contributed by atoms with E-state index in [0.717, 1.165) is 38.5 Å². The van der Waals surface area contributed by atoms with Crippen LogP contribution in [0.5, 0.6) is 0 Å². The van der Waals surface area contributed by atoms with Crippen molar-refractivity contribution in [1.29, 1.82) is 0 Å². The van der Waals surface area contributed by atoms with Gasteiger partial charge >= 0.3 is 0 Å². The van der Waals surface area contributed by atoms with Crippen LogP contribution in [0.25, 0.3) is 0 Å². The average Bonchev–Trinajstić information content (AvgIpc) is 3.26. The Bertz CT molecular complexity index is 1030. The van der Waals surface area contributed by atoms with Gasteiger partial charge in [-0.1, -0.05) is 284 Å². The molecule has 0 rings (SSSR count). The molecule has 3 atom stereocenters. The summed E-state index contributed by atoms with van der Waals surface area (Å²) in [4.78, 5) is 25.5. The third-order valence-corrected chi connectivity index (χ3v) is 14.6. The Morgan fingerprint density at radius 3 is 1.05 bits per heavy atom. The Labute approximate surface area is 406 Å². The molecule has 0 heterocycles. The monoisotopic (exact) mass is 943 g/mol. The lowest BCUT2D eigenvalue weighted by Gasteiger charge is -2.30. The lowest BCUT2D eigenvalue weighted by Crippen LogP contribution is -2.46. The standard InChI is InChI=1S/C56H115N2O6P/c1-6-8-10-12-14-16-18-20-22-24-26-27-28-29-30-32-34-36-38-40-42-44-46-48-50-56(60)57-54(53-64-65(61,62)63-52-51-58(3,4)5)55(59)49-47-45-43-41-39-37-35-33-31-25-23-21-19-17-15-13-11-9-7-2/h54-55,59H,6-53H2,1-5H3,(H-,57,60,61,62). The molecule has 390 valence electrons. The number of unbranched alkanes of at least 4 members (excludes halogenated alkanes) is 41. The number of phosphoric ester groups is 1. The fourth-order valence-electron chi connectivity index (χ4n) is 9.04. The zero-order valence-electron chi connectivity index (χ0n) is 44.5. The third-order valence-electron chi connectivity index (χ3n) is 13.6. The zero-order chi connectivity index (χ0) is 47.8. The molecule has 0 aliphatic heterocycles. The molecule has 3 unspecified atom stereocenters. The van der Waals surface area contributed by atoms with Crippen LogP contribution in [-0.2, 0) is 18.4 Å². The number of quaternary nitrogens is 1. The van der Waals surface area contributed by atoms with Gasteiger partial charge in [0.1, 0.15) is 13.2 Å². The summed E-state index contributed by atoms with van der Waals surface area (Å²) in [5, 5.41) is 14.0. The van der Waals surface area contributed by atoms with Gasteiger partial charge in [0.25, 0.3) is 7.82 Å². The smallest absolute Gasteiger partial charge is 0.268 e. The molecule has 0 aromatic rings. The summed E-state index contributed by atoms with van der Waals surface area (Å²) in [5.74, 6) is -0.156. The van der Waals surface area contributed by atoms with Crippen molar-refractivity contribution in [2.75, 3.05) is 40.9 Å². The maximum absolute atomic E-state index is 13.0. The number of amides is 1. The third kappa shape index (κ3) is 51.2. The number of aliphatic hydroxyl groups is 1. The Balaban J connectivity index is 4.12. The van der Waals surface area contributed by atoms with Gasteiger partial charge in [-0.25, -0.2) is 0 Å². The number of hydrogen-bond donors (Lipinski definition) is 2. The Morgan fingerprint density at radius 1 is 0.477 bits per heavy atom. The molecular formula is C56H115N2O6P. The minimum absolute atomic E-state index is 0.0166. The van der Waals surface area contributed by atoms with E-state index >= 15 is 0 Å². The molecule has 0 aromatic carbocycles. The predicted molar refractivity (Wildman–Crippen MR) is 279 cm³/mol. The number of carbonyl (C=O) groups is 1. The summed E-state index contributed by atoms with van der Waals surface area (Å²) < 4.78 is 23.4. The highest BCUT2D eigenvalue weighted by Gasteiger charge is 2.24. The van der Waals surface area contributed by atoms with E-state index in [2.05, 4.69) is 19.2 Å². The van der Waals surface area contributed by atoms with Gasteiger partial charge in [0, 0.05) is 6.42 Å². The van der Waals surface area contributed by atoms with Gasteiger partial charge in [0.05, 0.1) is 39.9 Å². The van der Waals surface area contributed by atoms with Gasteiger partial charge < -0.3 is 28.8 Å². The van der Waals surface area contributed by atoms with Crippen LogP contribution in [0.3, 0.4) is 0 Å². The van der Waals surface area contributed by atoms with Crippen molar-refractivity contribution in [3.63, 3.8) is 0 Å². The quantitative estimate of drug-likeness (QED) is 0.0357. The van der Waals surface area contributed by atoms with Crippen LogP contribution >= 0.6 is 7.82 Å². The Morgan fingerprint density at radius 2 is 0.754 bits per heavy atom. The maximum Gasteiger partial charge on any atom is 0.268 e. The molecule has 0 aromatic heterocycles. The summed E-state index contributed by atoms with van der Waals surface area (Å²) in [6.07, 6.45) is 57.0. The van der Waals surface area contributed by atoms with E-state index in [1.54, 1.807) is 0 Å². The molecular weight excluding hydrogens is 828 g/mol. The molecule has 0 aliphatic rings. The second-order valence-corrected chi connectivity index (χ2v) is 22.8. The van der Waals surface area contributed by atoms with Crippen LogP contribution in [0.4, 0.5) is 0 Å². The largest absolute Gasteiger partial charge is 0.756 e. The van der Waals surface area contributed by atoms with Crippen molar-refractivity contribution >= 4 is 13.7 Å². The van der Waals surface area contributed by atoms with Crippen molar-refractivity contribution in [1.82, 2.24) is 5.32 Å². The number of nitrogens with zero attached hydrogens (tertiary/aromatic N) is 1. The minimum Gasteiger partial charge on any atom is -0.756 e. The molecule has 0 spiro atoms. The van der Waals surface area contributed by atoms with Gasteiger partial charge in [0.15, 0.2) is 0 Å². The van der Waals surface area contributed by atoms with Gasteiger partial charge in [-0.15, -0.1) is 0 Å². The van der Waals surface area contributed by atoms with Crippen molar-refractivity contribution < 1.29 is 32.9 Å². The van der Waals surface area contributed by atoms with Crippen LogP contribution < -0.4 is 10.2 Å². The van der Waals surface area contributed by atoms with Gasteiger partial charge in [-0.2, -0.15) is 0 Å². The summed E-state index contributed by atoms with van der Waals surface area (Å²) in [6.45, 7) is 4.78. The van der Waals surface area contributed by atoms with E-state index in [9.17, 15) is 19.4 Å². The zero-order valence-corrected chi connectivity index (χ0v) is 45.4. The molecule has 0 bridgehead atoms. The lowest BCUT2D eigenvalue weighted by atomic mass is 10.0. The first-order chi connectivity index (χ1) is 31.5. The van der Waals surface area contributed by atoms with Crippen molar-refractivity contribution in [3.05, 3.63) is 0 Å². The molecule has 0 saturated heterocycles. The molecule has 1 amide bonds. The van der Waals surface area contributed by atoms with Crippen LogP contribution in [0.1, 0.15) is 303 Å². The number of likely N-dealkylation sites (N-methyl/N-ethyl adjacent to an activating group) is 1. The molecule has 2 N–H and O–H groups in total. The second kappa shape index (κ2) is 48.5. The molecule has 0 radical (unpaired) electrons. The van der Waals surface area contributed by atoms with Crippen molar-refractivity contribution in [2.24, 2.45) is 0 Å². The topological polar surface area (TPSA) is 108 Å². The number of carbonyl (C=O) groups excluding carboxylic acids is 1. The highest BCUT2D eigenvalue weighted by molar-refractivity contribution is 7.45. The van der Waals surface area contributed by atoms with Gasteiger partial charge in [0.2, 0.25) is 5.91 Å². The Kier molecular flexibility index (Phi) is 48.1. The number of rotatable bonds is 54. The fourth-order valence-corrected chi connectivity index (χ4v) is 9.77. The molecule has 0 aliphatic carbocycles. The number of phosphoric acid groups is 1. The van der Waals surface area contributed by atoms with E-state index in [0.29, 0.717) is 23.9 Å². The first-order valence-corrected chi connectivity index (χ1v) is 30.3. The first kappa shape index (κ1) is 64.5. The number of hydrogen-bond acceptors (Lipinski definition) is 6. The van der Waals surface area contributed by atoms with Crippen molar-refractivity contribution in [3.8, 4) is 0 Å². The van der Waals surface area contributed by atoms with Crippen LogP contribution in [-0.4, -0.2) is 68.5 Å². The van der Waals surface area contributed by atoms with Crippen LogP contribution in [0.2, 0.25) is 0 Å². The highest BCUT2D eigenvalue weighted by atomic mass is 31.2. The highest BCUT2D eigenvalue weighted by Crippen LogP contribution is 2.38. The number of nitrogens with one attached hydrogen (secondary N) is 1. The SMILES string of the molecule is CCCCCCCCCCCCCCCCCCCCCCCCCCC(=O)NC(COP(=O)([O-])OCC[N+](C)(C)C)C(O)CCCCCCCCCCCCCCCCCCCCC. The van der Waals surface area contributed by atoms with E-state index in [4.69, 9.17) is 9.05 Å². The molecule has 8 nitrogen and oxygen atoms in total. The molecule has 0 fully saturated rings. The molecule has 65 heavy (non-hydrogen) atoms. The molecule has 0 saturated carbocycles. The summed E-state index contributed by atoms with van der Waals surface area (Å²) in [5.41, 5.74) is 0. The summed E-state index contributed by atoms with van der Waals surface area (Å²) >= 11 is 0. The first-order valence-electron chi connectivity index (χ1n) is 28.9. The van der Waals surface area contributed by atoms with E-state index in [1.807, 2.05) is 21.1 Å². The number of aliphatic hydroxyl groups excluding tert-OH is 1.